The number of nitrogens with zero attached hydrogens (tertiary/aromatic N) is 4. The predicted octanol–water partition coefficient (Wildman–Crippen LogP) is 3.26. The maximum Gasteiger partial charge on any atom is 0.319 e. The number of halogens is 2. The van der Waals surface area contributed by atoms with Crippen molar-refractivity contribution in [2.75, 3.05) is 6.54 Å². The molecule has 0 aliphatic heterocycles. The lowest BCUT2D eigenvalue weighted by Crippen LogP contribution is -2.27. The third kappa shape index (κ3) is 4.07. The first-order valence-electron chi connectivity index (χ1n) is 9.62. The zero-order valence-electron chi connectivity index (χ0n) is 16.6. The number of hydrogen-bond donors (Lipinski definition) is 1. The van der Waals surface area contributed by atoms with Gasteiger partial charge >= 0.3 is 6.55 Å². The van der Waals surface area contributed by atoms with Gasteiger partial charge in [-0.3, -0.25) is 18.7 Å². The number of imidazole rings is 1. The number of hydrogen-bond acceptors (Lipinski definition) is 4. The van der Waals surface area contributed by atoms with Gasteiger partial charge in [-0.15, -0.1) is 0 Å². The number of para-hydroxylation sites is 1. The first-order valence-corrected chi connectivity index (χ1v) is 9.62. The lowest BCUT2D eigenvalue weighted by Gasteiger charge is -2.12. The highest BCUT2D eigenvalue weighted by molar-refractivity contribution is 5.94. The summed E-state index contributed by atoms with van der Waals surface area (Å²) in [6.45, 7) is -0.757. The maximum atomic E-state index is 12.9. The number of alkyl halides is 2. The lowest BCUT2D eigenvalue weighted by atomic mass is 10.1. The van der Waals surface area contributed by atoms with Crippen molar-refractivity contribution < 1.29 is 13.6 Å². The number of rotatable bonds is 6. The Kier molecular flexibility index (Phi) is 5.57. The summed E-state index contributed by atoms with van der Waals surface area (Å²) in [5, 5.41) is 3.20. The zero-order valence-corrected chi connectivity index (χ0v) is 16.6. The second-order valence-corrected chi connectivity index (χ2v) is 6.90. The summed E-state index contributed by atoms with van der Waals surface area (Å²) < 4.78 is 27.9. The van der Waals surface area contributed by atoms with Crippen LogP contribution < -0.4 is 10.9 Å². The van der Waals surface area contributed by atoms with E-state index in [4.69, 9.17) is 0 Å². The Labute approximate surface area is 176 Å². The zero-order chi connectivity index (χ0) is 22.0. The average molecular weight is 423 g/mol. The van der Waals surface area contributed by atoms with Crippen LogP contribution >= 0.6 is 0 Å². The molecule has 4 aromatic rings. The molecule has 2 heterocycles. The van der Waals surface area contributed by atoms with E-state index in [0.29, 0.717) is 28.0 Å². The number of amides is 1. The van der Waals surface area contributed by atoms with Gasteiger partial charge in [-0.2, -0.15) is 8.78 Å². The fraction of sp³-hybridized carbons (Fsp3) is 0.182. The molecule has 0 bridgehead atoms. The molecule has 0 unspecified atom stereocenters. The van der Waals surface area contributed by atoms with Gasteiger partial charge in [-0.1, -0.05) is 12.1 Å². The second kappa shape index (κ2) is 8.47. The van der Waals surface area contributed by atoms with Crippen molar-refractivity contribution in [1.82, 2.24) is 24.4 Å². The number of nitrogens with one attached hydrogen (secondary N) is 1. The molecule has 2 aromatic carbocycles. The van der Waals surface area contributed by atoms with Crippen LogP contribution in [0.3, 0.4) is 0 Å². The highest BCUT2D eigenvalue weighted by atomic mass is 19.3. The standard InChI is InChI=1S/C22H19F2N5O2/c1-14-27-18-5-3-2-4-17(18)21(31)29(14)16-8-6-15(7-9-16)20(30)26-11-10-19-25-12-13-28(19)22(23)24/h2-9,12-13,22H,10-11H2,1H3,(H,26,30). The van der Waals surface area contributed by atoms with Gasteiger partial charge in [0, 0.05) is 30.9 Å². The highest BCUT2D eigenvalue weighted by Gasteiger charge is 2.13. The van der Waals surface area contributed by atoms with Gasteiger partial charge in [0.2, 0.25) is 0 Å². The monoisotopic (exact) mass is 423 g/mol. The van der Waals surface area contributed by atoms with E-state index in [1.807, 2.05) is 6.07 Å². The highest BCUT2D eigenvalue weighted by Crippen LogP contribution is 2.14. The van der Waals surface area contributed by atoms with Crippen molar-refractivity contribution in [3.8, 4) is 5.69 Å². The molecule has 158 valence electrons. The first-order chi connectivity index (χ1) is 15.0. The molecule has 7 nitrogen and oxygen atoms in total. The van der Waals surface area contributed by atoms with Crippen molar-refractivity contribution >= 4 is 16.8 Å². The second-order valence-electron chi connectivity index (χ2n) is 6.90. The average Bonchev–Trinajstić information content (AvgIpc) is 3.23. The minimum atomic E-state index is -2.67. The number of carbonyl (C=O) groups excluding carboxylic acids is 1. The summed E-state index contributed by atoms with van der Waals surface area (Å²) in [5.41, 5.74) is 1.43. The van der Waals surface area contributed by atoms with Gasteiger partial charge in [0.05, 0.1) is 16.6 Å². The Morgan fingerprint density at radius 2 is 1.87 bits per heavy atom. The molecule has 4 rings (SSSR count). The van der Waals surface area contributed by atoms with Crippen LogP contribution in [0.4, 0.5) is 8.78 Å². The van der Waals surface area contributed by atoms with E-state index < -0.39 is 6.55 Å². The van der Waals surface area contributed by atoms with Crippen LogP contribution in [0, 0.1) is 6.92 Å². The largest absolute Gasteiger partial charge is 0.352 e. The molecule has 0 aliphatic carbocycles. The van der Waals surface area contributed by atoms with Crippen LogP contribution in [-0.2, 0) is 6.42 Å². The third-order valence-corrected chi connectivity index (χ3v) is 4.92. The van der Waals surface area contributed by atoms with Gasteiger partial charge in [-0.05, 0) is 43.3 Å². The van der Waals surface area contributed by atoms with Gasteiger partial charge in [0.15, 0.2) is 0 Å². The Bertz CT molecular complexity index is 1300. The van der Waals surface area contributed by atoms with Gasteiger partial charge < -0.3 is 5.32 Å². The molecular weight excluding hydrogens is 404 g/mol. The Hall–Kier alpha value is -3.88. The summed E-state index contributed by atoms with van der Waals surface area (Å²) in [6.07, 6.45) is 2.68. The molecule has 31 heavy (non-hydrogen) atoms. The number of benzene rings is 2. The number of fused-ring (bicyclic) bond motifs is 1. The molecule has 0 saturated heterocycles. The Balaban J connectivity index is 1.48. The minimum absolute atomic E-state index is 0.164. The molecule has 0 aliphatic rings. The normalized spacial score (nSPS) is 11.2. The van der Waals surface area contributed by atoms with E-state index in [-0.39, 0.29) is 30.3 Å². The van der Waals surface area contributed by atoms with Crippen LogP contribution in [0.5, 0.6) is 0 Å². The molecule has 0 radical (unpaired) electrons. The summed E-state index contributed by atoms with van der Waals surface area (Å²) in [6, 6.07) is 13.7. The SMILES string of the molecule is Cc1nc2ccccc2c(=O)n1-c1ccc(C(=O)NCCc2nccn2C(F)F)cc1. The molecule has 0 atom stereocenters. The van der Waals surface area contributed by atoms with E-state index in [9.17, 15) is 18.4 Å². The van der Waals surface area contributed by atoms with Gasteiger partial charge in [0.1, 0.15) is 11.6 Å². The van der Waals surface area contributed by atoms with Crippen LogP contribution in [-0.4, -0.2) is 31.6 Å². The molecule has 0 fully saturated rings. The number of aromatic nitrogens is 4. The van der Waals surface area contributed by atoms with Crippen LogP contribution in [0.25, 0.3) is 16.6 Å². The molecule has 1 amide bonds. The summed E-state index contributed by atoms with van der Waals surface area (Å²) in [5.74, 6) is 0.391. The quantitative estimate of drug-likeness (QED) is 0.516. The first kappa shape index (κ1) is 20.4. The number of aryl methyl sites for hydroxylation is 1. The molecular formula is C22H19F2N5O2. The van der Waals surface area contributed by atoms with Crippen LogP contribution in [0.2, 0.25) is 0 Å². The molecule has 0 spiro atoms. The minimum Gasteiger partial charge on any atom is -0.352 e. The van der Waals surface area contributed by atoms with E-state index in [0.717, 1.165) is 4.57 Å². The van der Waals surface area contributed by atoms with Gasteiger partial charge in [0.25, 0.3) is 11.5 Å². The van der Waals surface area contributed by atoms with Crippen molar-refractivity contribution in [2.24, 2.45) is 0 Å². The fourth-order valence-electron chi connectivity index (χ4n) is 3.41. The summed E-state index contributed by atoms with van der Waals surface area (Å²) in [7, 11) is 0. The van der Waals surface area contributed by atoms with Crippen LogP contribution in [0.15, 0.2) is 65.7 Å². The summed E-state index contributed by atoms with van der Waals surface area (Å²) in [4.78, 5) is 33.6. The predicted molar refractivity (Wildman–Crippen MR) is 112 cm³/mol. The third-order valence-electron chi connectivity index (χ3n) is 4.92. The van der Waals surface area contributed by atoms with Crippen molar-refractivity contribution in [3.63, 3.8) is 0 Å². The lowest BCUT2D eigenvalue weighted by molar-refractivity contribution is 0.0670. The Morgan fingerprint density at radius 1 is 1.13 bits per heavy atom. The van der Waals surface area contributed by atoms with E-state index in [1.54, 1.807) is 49.4 Å². The molecule has 2 aromatic heterocycles. The van der Waals surface area contributed by atoms with E-state index in [2.05, 4.69) is 15.3 Å². The fourth-order valence-corrected chi connectivity index (χ4v) is 3.41. The van der Waals surface area contributed by atoms with Crippen molar-refractivity contribution in [2.45, 2.75) is 19.9 Å². The van der Waals surface area contributed by atoms with Crippen molar-refractivity contribution in [1.29, 1.82) is 0 Å². The number of carbonyl (C=O) groups is 1. The van der Waals surface area contributed by atoms with E-state index >= 15 is 0 Å². The molecule has 9 heteroatoms. The van der Waals surface area contributed by atoms with Crippen molar-refractivity contribution in [3.05, 3.63) is 88.5 Å². The topological polar surface area (TPSA) is 81.8 Å². The summed E-state index contributed by atoms with van der Waals surface area (Å²) >= 11 is 0. The molecule has 1 N–H and O–H groups in total. The smallest absolute Gasteiger partial charge is 0.319 e. The van der Waals surface area contributed by atoms with Crippen LogP contribution in [0.1, 0.15) is 28.6 Å². The Morgan fingerprint density at radius 3 is 2.61 bits per heavy atom. The van der Waals surface area contributed by atoms with E-state index in [1.165, 1.54) is 17.0 Å². The molecule has 0 saturated carbocycles. The van der Waals surface area contributed by atoms with Gasteiger partial charge in [-0.25, -0.2) is 9.97 Å². The maximum absolute atomic E-state index is 12.9.